The number of methoxy groups -OCH3 is 2. The number of nitrogens with one attached hydrogen (secondary N) is 3. The van der Waals surface area contributed by atoms with Crippen LogP contribution in [0, 0.1) is 0 Å². The molecule has 5 rings (SSSR count). The SMILES string of the molecule is COc1ccc(/C=C(\NC(=O)c2ccccc2)C(=O)Nc2ccc(SC(C)C(=O)Nc3nc(-c4ccc(Cl)cc4Cl)cs3)cc2)c(OC)c1. The van der Waals surface area contributed by atoms with E-state index in [0.29, 0.717) is 49.2 Å². The molecule has 0 aliphatic heterocycles. The van der Waals surface area contributed by atoms with Gasteiger partial charge in [-0.1, -0.05) is 41.4 Å². The number of amides is 3. The van der Waals surface area contributed by atoms with E-state index in [-0.39, 0.29) is 11.6 Å². The van der Waals surface area contributed by atoms with Gasteiger partial charge < -0.3 is 25.4 Å². The molecule has 5 aromatic rings. The molecule has 0 aliphatic rings. The predicted octanol–water partition coefficient (Wildman–Crippen LogP) is 8.66. The molecular weight excluding hydrogens is 703 g/mol. The number of ether oxygens (including phenoxy) is 2. The normalized spacial score (nSPS) is 11.7. The fourth-order valence-corrected chi connectivity index (χ4v) is 6.55. The number of hydrogen-bond donors (Lipinski definition) is 3. The highest BCUT2D eigenvalue weighted by Crippen LogP contribution is 2.33. The Hall–Kier alpha value is -4.81. The Balaban J connectivity index is 1.25. The molecule has 49 heavy (non-hydrogen) atoms. The second kappa shape index (κ2) is 16.5. The first kappa shape index (κ1) is 35.5. The van der Waals surface area contributed by atoms with Crippen molar-refractivity contribution in [2.45, 2.75) is 17.1 Å². The number of aromatic nitrogens is 1. The lowest BCUT2D eigenvalue weighted by Gasteiger charge is -2.14. The fraction of sp³-hybridized carbons (Fsp3) is 0.111. The minimum atomic E-state index is -0.544. The molecule has 0 fully saturated rings. The van der Waals surface area contributed by atoms with E-state index < -0.39 is 17.1 Å². The summed E-state index contributed by atoms with van der Waals surface area (Å²) in [6, 6.07) is 25.9. The first-order valence-corrected chi connectivity index (χ1v) is 17.2. The summed E-state index contributed by atoms with van der Waals surface area (Å²) in [5.41, 5.74) is 2.81. The zero-order chi connectivity index (χ0) is 34.9. The van der Waals surface area contributed by atoms with Crippen LogP contribution in [-0.4, -0.2) is 42.2 Å². The molecule has 0 aliphatic carbocycles. The van der Waals surface area contributed by atoms with Crippen LogP contribution in [0.3, 0.4) is 0 Å². The number of hydrogen-bond acceptors (Lipinski definition) is 8. The third-order valence-electron chi connectivity index (χ3n) is 7.00. The minimum absolute atomic E-state index is 0.00439. The molecule has 1 atom stereocenters. The van der Waals surface area contributed by atoms with Crippen LogP contribution in [-0.2, 0) is 9.59 Å². The van der Waals surface area contributed by atoms with E-state index in [1.807, 2.05) is 5.38 Å². The molecule has 3 amide bonds. The van der Waals surface area contributed by atoms with Gasteiger partial charge in [-0.25, -0.2) is 4.98 Å². The van der Waals surface area contributed by atoms with Crippen LogP contribution in [0.5, 0.6) is 11.5 Å². The van der Waals surface area contributed by atoms with E-state index in [0.717, 1.165) is 10.5 Å². The number of thioether (sulfide) groups is 1. The van der Waals surface area contributed by atoms with Crippen LogP contribution in [0.15, 0.2) is 107 Å². The van der Waals surface area contributed by atoms with E-state index >= 15 is 0 Å². The average molecular weight is 734 g/mol. The monoisotopic (exact) mass is 732 g/mol. The van der Waals surface area contributed by atoms with Crippen LogP contribution >= 0.6 is 46.3 Å². The molecule has 0 saturated carbocycles. The van der Waals surface area contributed by atoms with Crippen molar-refractivity contribution >= 4 is 80.9 Å². The highest BCUT2D eigenvalue weighted by Gasteiger charge is 2.19. The highest BCUT2D eigenvalue weighted by molar-refractivity contribution is 8.00. The molecule has 0 radical (unpaired) electrons. The van der Waals surface area contributed by atoms with Gasteiger partial charge >= 0.3 is 0 Å². The van der Waals surface area contributed by atoms with Gasteiger partial charge in [0, 0.05) is 43.7 Å². The summed E-state index contributed by atoms with van der Waals surface area (Å²) < 4.78 is 10.8. The lowest BCUT2D eigenvalue weighted by Crippen LogP contribution is -2.30. The zero-order valence-electron chi connectivity index (χ0n) is 26.5. The average Bonchev–Trinajstić information content (AvgIpc) is 3.57. The molecule has 4 aromatic carbocycles. The quantitative estimate of drug-likeness (QED) is 0.0868. The largest absolute Gasteiger partial charge is 0.497 e. The van der Waals surface area contributed by atoms with Crippen LogP contribution in [0.2, 0.25) is 10.0 Å². The number of rotatable bonds is 12. The van der Waals surface area contributed by atoms with Gasteiger partial charge in [0.2, 0.25) is 5.91 Å². The number of carbonyl (C=O) groups is 3. The molecular formula is C36H30Cl2N4O5S2. The third-order valence-corrected chi connectivity index (χ3v) is 9.42. The van der Waals surface area contributed by atoms with Crippen molar-refractivity contribution in [3.63, 3.8) is 0 Å². The molecule has 9 nitrogen and oxygen atoms in total. The fourth-order valence-electron chi connectivity index (χ4n) is 4.47. The van der Waals surface area contributed by atoms with Gasteiger partial charge in [0.25, 0.3) is 11.8 Å². The lowest BCUT2D eigenvalue weighted by molar-refractivity contribution is -0.115. The Morgan fingerprint density at radius 2 is 1.65 bits per heavy atom. The maximum absolute atomic E-state index is 13.5. The van der Waals surface area contributed by atoms with Crippen LogP contribution in [0.25, 0.3) is 17.3 Å². The van der Waals surface area contributed by atoms with Gasteiger partial charge in [-0.3, -0.25) is 14.4 Å². The molecule has 13 heteroatoms. The van der Waals surface area contributed by atoms with Gasteiger partial charge in [-0.2, -0.15) is 0 Å². The maximum Gasteiger partial charge on any atom is 0.272 e. The molecule has 0 bridgehead atoms. The van der Waals surface area contributed by atoms with Crippen molar-refractivity contribution in [1.82, 2.24) is 10.3 Å². The van der Waals surface area contributed by atoms with Crippen LogP contribution < -0.4 is 25.4 Å². The van der Waals surface area contributed by atoms with Crippen molar-refractivity contribution in [2.24, 2.45) is 0 Å². The summed E-state index contributed by atoms with van der Waals surface area (Å²) in [4.78, 5) is 44.8. The maximum atomic E-state index is 13.5. The van der Waals surface area contributed by atoms with Gasteiger partial charge in [-0.15, -0.1) is 23.1 Å². The van der Waals surface area contributed by atoms with Gasteiger partial charge in [0.1, 0.15) is 17.2 Å². The Morgan fingerprint density at radius 1 is 0.898 bits per heavy atom. The zero-order valence-corrected chi connectivity index (χ0v) is 29.6. The topological polar surface area (TPSA) is 119 Å². The van der Waals surface area contributed by atoms with E-state index in [1.54, 1.807) is 105 Å². The number of carbonyl (C=O) groups excluding carboxylic acids is 3. The van der Waals surface area contributed by atoms with Crippen molar-refractivity contribution in [1.29, 1.82) is 0 Å². The molecule has 0 spiro atoms. The van der Waals surface area contributed by atoms with Crippen molar-refractivity contribution < 1.29 is 23.9 Å². The lowest BCUT2D eigenvalue weighted by atomic mass is 10.1. The van der Waals surface area contributed by atoms with Gasteiger partial charge in [0.05, 0.1) is 30.2 Å². The molecule has 0 saturated heterocycles. The first-order chi connectivity index (χ1) is 23.6. The van der Waals surface area contributed by atoms with E-state index in [2.05, 4.69) is 20.9 Å². The number of halogens is 2. The number of anilines is 2. The summed E-state index contributed by atoms with van der Waals surface area (Å²) in [5.74, 6) is -0.174. The number of nitrogens with zero attached hydrogens (tertiary/aromatic N) is 1. The smallest absolute Gasteiger partial charge is 0.272 e. The Morgan fingerprint density at radius 3 is 2.35 bits per heavy atom. The van der Waals surface area contributed by atoms with Crippen molar-refractivity contribution in [2.75, 3.05) is 24.9 Å². The summed E-state index contributed by atoms with van der Waals surface area (Å²) in [7, 11) is 3.05. The van der Waals surface area contributed by atoms with Crippen molar-refractivity contribution in [3.05, 3.63) is 123 Å². The highest BCUT2D eigenvalue weighted by atomic mass is 35.5. The third kappa shape index (κ3) is 9.42. The molecule has 1 unspecified atom stereocenters. The second-order valence-electron chi connectivity index (χ2n) is 10.4. The summed E-state index contributed by atoms with van der Waals surface area (Å²) in [5, 5.41) is 11.2. The second-order valence-corrected chi connectivity index (χ2v) is 13.5. The molecule has 3 N–H and O–H groups in total. The van der Waals surface area contributed by atoms with Gasteiger partial charge in [0.15, 0.2) is 5.13 Å². The standard InChI is InChI=1S/C36H30Cl2N4O5S2/c1-21(33(43)42-36-41-31(20-48-36)28-16-10-24(37)18-29(28)38)49-27-14-11-25(12-15-27)39-35(45)30(40-34(44)22-7-5-4-6-8-22)17-23-9-13-26(46-2)19-32(23)47-3/h4-21H,1-3H3,(H,39,45)(H,40,44)(H,41,42,43)/b30-17-. The number of thiazole rings is 1. The Bertz CT molecular complexity index is 2000. The van der Waals surface area contributed by atoms with E-state index in [4.69, 9.17) is 32.7 Å². The van der Waals surface area contributed by atoms with Crippen LogP contribution in [0.1, 0.15) is 22.8 Å². The Labute approximate surface area is 301 Å². The van der Waals surface area contributed by atoms with E-state index in [9.17, 15) is 14.4 Å². The molecule has 250 valence electrons. The molecule has 1 aromatic heterocycles. The first-order valence-electron chi connectivity index (χ1n) is 14.7. The summed E-state index contributed by atoms with van der Waals surface area (Å²) in [6.45, 7) is 1.79. The Kier molecular flexibility index (Phi) is 12.0. The van der Waals surface area contributed by atoms with Gasteiger partial charge in [-0.05, 0) is 79.7 Å². The number of benzene rings is 4. The summed E-state index contributed by atoms with van der Waals surface area (Å²) >= 11 is 15.0. The minimum Gasteiger partial charge on any atom is -0.497 e. The van der Waals surface area contributed by atoms with Crippen molar-refractivity contribution in [3.8, 4) is 22.8 Å². The summed E-state index contributed by atoms with van der Waals surface area (Å²) in [6.07, 6.45) is 1.54. The van der Waals surface area contributed by atoms with Crippen LogP contribution in [0.4, 0.5) is 10.8 Å². The van der Waals surface area contributed by atoms with E-state index in [1.165, 1.54) is 36.3 Å². The molecule has 1 heterocycles. The predicted molar refractivity (Wildman–Crippen MR) is 198 cm³/mol.